The van der Waals surface area contributed by atoms with Crippen molar-refractivity contribution in [2.45, 2.75) is 148 Å². The second kappa shape index (κ2) is 21.7. The SMILES string of the molecule is CCCCCCCCC/C=C\CCCCCCCCCCCCOP(=O)(O)OC1CC[N+](C)(C)CC1. The van der Waals surface area contributed by atoms with E-state index in [-0.39, 0.29) is 6.10 Å². The Hall–Kier alpha value is -0.190. The first-order valence-electron chi connectivity index (χ1n) is 15.5. The molecular formula is C30H61NO4P+. The van der Waals surface area contributed by atoms with Gasteiger partial charge in [0.1, 0.15) is 0 Å². The lowest BCUT2D eigenvalue weighted by Crippen LogP contribution is -2.47. The van der Waals surface area contributed by atoms with Crippen LogP contribution in [-0.4, -0.2) is 49.3 Å². The summed E-state index contributed by atoms with van der Waals surface area (Å²) < 4.78 is 23.7. The van der Waals surface area contributed by atoms with Crippen LogP contribution in [0.25, 0.3) is 0 Å². The molecule has 0 aromatic rings. The number of nitrogens with zero attached hydrogens (tertiary/aromatic N) is 1. The topological polar surface area (TPSA) is 55.8 Å². The molecule has 1 rings (SSSR count). The van der Waals surface area contributed by atoms with E-state index in [0.29, 0.717) is 6.61 Å². The maximum atomic E-state index is 12.2. The lowest BCUT2D eigenvalue weighted by atomic mass is 10.1. The molecule has 1 heterocycles. The Morgan fingerprint density at radius 3 is 1.61 bits per heavy atom. The van der Waals surface area contributed by atoms with Crippen molar-refractivity contribution < 1.29 is 23.0 Å². The number of phosphoric acid groups is 1. The minimum Gasteiger partial charge on any atom is -0.328 e. The Kier molecular flexibility index (Phi) is 20.4. The number of hydrogen-bond donors (Lipinski definition) is 1. The number of rotatable bonds is 24. The molecule has 1 aliphatic rings. The molecule has 1 N–H and O–H groups in total. The molecule has 1 aliphatic heterocycles. The zero-order valence-electron chi connectivity index (χ0n) is 24.3. The van der Waals surface area contributed by atoms with E-state index in [9.17, 15) is 9.46 Å². The molecule has 1 saturated heterocycles. The van der Waals surface area contributed by atoms with Crippen LogP contribution in [0.1, 0.15) is 142 Å². The Bertz CT molecular complexity index is 571. The van der Waals surface area contributed by atoms with E-state index in [1.54, 1.807) is 0 Å². The summed E-state index contributed by atoms with van der Waals surface area (Å²) in [6.07, 6.45) is 31.0. The van der Waals surface area contributed by atoms with E-state index in [2.05, 4.69) is 33.2 Å². The molecule has 1 unspecified atom stereocenters. The summed E-state index contributed by atoms with van der Waals surface area (Å²) in [5, 5.41) is 0. The molecular weight excluding hydrogens is 469 g/mol. The average molecular weight is 531 g/mol. The van der Waals surface area contributed by atoms with E-state index >= 15 is 0 Å². The molecule has 1 atom stereocenters. The summed E-state index contributed by atoms with van der Waals surface area (Å²) in [5.41, 5.74) is 0. The first-order chi connectivity index (χ1) is 17.3. The van der Waals surface area contributed by atoms with Gasteiger partial charge in [-0.25, -0.2) is 4.57 Å². The van der Waals surface area contributed by atoms with Gasteiger partial charge in [-0.2, -0.15) is 0 Å². The number of allylic oxidation sites excluding steroid dienone is 2. The number of quaternary nitrogens is 1. The summed E-state index contributed by atoms with van der Waals surface area (Å²) in [5.74, 6) is 0. The first-order valence-corrected chi connectivity index (χ1v) is 17.0. The zero-order chi connectivity index (χ0) is 26.4. The van der Waals surface area contributed by atoms with Crippen molar-refractivity contribution >= 4 is 7.82 Å². The molecule has 0 amide bonds. The summed E-state index contributed by atoms with van der Waals surface area (Å²) in [6.45, 7) is 4.54. The number of hydrogen-bond acceptors (Lipinski definition) is 3. The average Bonchev–Trinajstić information content (AvgIpc) is 2.83. The Morgan fingerprint density at radius 2 is 1.14 bits per heavy atom. The summed E-state index contributed by atoms with van der Waals surface area (Å²) in [4.78, 5) is 9.96. The molecule has 0 saturated carbocycles. The lowest BCUT2D eigenvalue weighted by molar-refractivity contribution is -0.896. The largest absolute Gasteiger partial charge is 0.472 e. The van der Waals surface area contributed by atoms with Crippen molar-refractivity contribution in [2.75, 3.05) is 33.8 Å². The smallest absolute Gasteiger partial charge is 0.328 e. The van der Waals surface area contributed by atoms with E-state index in [1.165, 1.54) is 109 Å². The second-order valence-corrected chi connectivity index (χ2v) is 13.1. The third-order valence-corrected chi connectivity index (χ3v) is 8.63. The fraction of sp³-hybridized carbons (Fsp3) is 0.933. The highest BCUT2D eigenvalue weighted by atomic mass is 31.2. The van der Waals surface area contributed by atoms with Crippen molar-refractivity contribution in [3.63, 3.8) is 0 Å². The van der Waals surface area contributed by atoms with Gasteiger partial charge in [0.15, 0.2) is 0 Å². The highest BCUT2D eigenvalue weighted by Gasteiger charge is 2.32. The minimum atomic E-state index is -3.91. The van der Waals surface area contributed by atoms with Gasteiger partial charge in [0.25, 0.3) is 0 Å². The van der Waals surface area contributed by atoms with Gasteiger partial charge >= 0.3 is 7.82 Å². The number of unbranched alkanes of at least 4 members (excludes halogenated alkanes) is 17. The van der Waals surface area contributed by atoms with Crippen LogP contribution in [-0.2, 0) is 13.6 Å². The highest BCUT2D eigenvalue weighted by Crippen LogP contribution is 2.46. The fourth-order valence-electron chi connectivity index (χ4n) is 4.98. The molecule has 36 heavy (non-hydrogen) atoms. The first kappa shape index (κ1) is 33.8. The molecule has 5 nitrogen and oxygen atoms in total. The molecule has 0 radical (unpaired) electrons. The van der Waals surface area contributed by atoms with Gasteiger partial charge in [0.05, 0.1) is 39.9 Å². The van der Waals surface area contributed by atoms with Gasteiger partial charge in [-0.05, 0) is 32.1 Å². The molecule has 0 spiro atoms. The molecule has 6 heteroatoms. The standard InChI is InChI=1S/C30H60NO4P/c1-4-5-6-7-8-9-10-11-12-13-14-15-16-17-18-19-20-21-22-23-24-29-34-36(32,33)35-30-25-27-31(2,3)28-26-30/h12-13,30H,4-11,14-29H2,1-3H3/p+1/b13-12-. The molecule has 0 aliphatic carbocycles. The molecule has 0 aromatic carbocycles. The van der Waals surface area contributed by atoms with Crippen LogP contribution in [0.3, 0.4) is 0 Å². The van der Waals surface area contributed by atoms with Crippen molar-refractivity contribution in [1.82, 2.24) is 0 Å². The van der Waals surface area contributed by atoms with Crippen LogP contribution in [0.5, 0.6) is 0 Å². The van der Waals surface area contributed by atoms with Gasteiger partial charge in [-0.15, -0.1) is 0 Å². The maximum Gasteiger partial charge on any atom is 0.472 e. The predicted molar refractivity (Wildman–Crippen MR) is 154 cm³/mol. The summed E-state index contributed by atoms with van der Waals surface area (Å²) >= 11 is 0. The fourth-order valence-corrected chi connectivity index (χ4v) is 5.99. The van der Waals surface area contributed by atoms with E-state index in [0.717, 1.165) is 43.3 Å². The summed E-state index contributed by atoms with van der Waals surface area (Å²) in [7, 11) is 0.458. The van der Waals surface area contributed by atoms with Crippen LogP contribution in [0, 0.1) is 0 Å². The van der Waals surface area contributed by atoms with E-state index in [1.807, 2.05) is 0 Å². The highest BCUT2D eigenvalue weighted by molar-refractivity contribution is 7.47. The molecule has 1 fully saturated rings. The van der Waals surface area contributed by atoms with Crippen LogP contribution in [0.2, 0.25) is 0 Å². The number of likely N-dealkylation sites (tertiary alicyclic amines) is 1. The predicted octanol–water partition coefficient (Wildman–Crippen LogP) is 9.35. The number of piperidine rings is 1. The van der Waals surface area contributed by atoms with Gasteiger partial charge in [0, 0.05) is 12.8 Å². The zero-order valence-corrected chi connectivity index (χ0v) is 25.2. The quantitative estimate of drug-likeness (QED) is 0.0584. The van der Waals surface area contributed by atoms with Crippen LogP contribution >= 0.6 is 7.82 Å². The maximum absolute atomic E-state index is 12.2. The summed E-state index contributed by atoms with van der Waals surface area (Å²) in [6, 6.07) is 0. The van der Waals surface area contributed by atoms with Gasteiger partial charge in [-0.3, -0.25) is 9.05 Å². The van der Waals surface area contributed by atoms with Crippen LogP contribution in [0.4, 0.5) is 0 Å². The Labute approximate surface area is 224 Å². The van der Waals surface area contributed by atoms with Crippen LogP contribution in [0.15, 0.2) is 12.2 Å². The molecule has 0 bridgehead atoms. The third-order valence-electron chi connectivity index (χ3n) is 7.56. The lowest BCUT2D eigenvalue weighted by Gasteiger charge is -2.37. The van der Waals surface area contributed by atoms with Gasteiger partial charge in [0.2, 0.25) is 0 Å². The van der Waals surface area contributed by atoms with Crippen LogP contribution < -0.4 is 0 Å². The monoisotopic (exact) mass is 530 g/mol. The normalized spacial score (nSPS) is 18.1. The Morgan fingerprint density at radius 1 is 0.722 bits per heavy atom. The molecule has 214 valence electrons. The minimum absolute atomic E-state index is 0.150. The van der Waals surface area contributed by atoms with E-state index in [4.69, 9.17) is 9.05 Å². The van der Waals surface area contributed by atoms with Gasteiger partial charge < -0.3 is 9.38 Å². The number of phosphoric ester groups is 1. The van der Waals surface area contributed by atoms with Crippen molar-refractivity contribution in [3.05, 3.63) is 12.2 Å². The second-order valence-electron chi connectivity index (χ2n) is 11.7. The van der Waals surface area contributed by atoms with Crippen molar-refractivity contribution in [3.8, 4) is 0 Å². The van der Waals surface area contributed by atoms with E-state index < -0.39 is 7.82 Å². The Balaban J connectivity index is 1.79. The van der Waals surface area contributed by atoms with Crippen molar-refractivity contribution in [2.24, 2.45) is 0 Å². The third kappa shape index (κ3) is 20.8. The molecule has 0 aromatic heterocycles. The van der Waals surface area contributed by atoms with Gasteiger partial charge in [-0.1, -0.05) is 109 Å². The van der Waals surface area contributed by atoms with Crippen molar-refractivity contribution in [1.29, 1.82) is 0 Å².